The molecular weight excluding hydrogens is 362 g/mol. The summed E-state index contributed by atoms with van der Waals surface area (Å²) >= 11 is 0. The number of carbonyl (C=O) groups is 1. The van der Waals surface area contributed by atoms with Crippen molar-refractivity contribution in [3.63, 3.8) is 0 Å². The number of rotatable bonds is 3. The van der Waals surface area contributed by atoms with Gasteiger partial charge in [-0.25, -0.2) is 4.79 Å². The average Bonchev–Trinajstić information content (AvgIpc) is 3.22. The van der Waals surface area contributed by atoms with Gasteiger partial charge in [0, 0.05) is 62.8 Å². The molecule has 0 bridgehead atoms. The van der Waals surface area contributed by atoms with Crippen LogP contribution in [0.15, 0.2) is 53.3 Å². The highest BCUT2D eigenvalue weighted by Crippen LogP contribution is 2.29. The van der Waals surface area contributed by atoms with E-state index < -0.39 is 0 Å². The summed E-state index contributed by atoms with van der Waals surface area (Å²) in [7, 11) is 1.81. The Hall–Kier alpha value is -2.76. The van der Waals surface area contributed by atoms with Crippen molar-refractivity contribution in [2.75, 3.05) is 38.5 Å². The number of benzene rings is 1. The second-order valence-electron chi connectivity index (χ2n) is 8.07. The normalized spacial score (nSPS) is 24.8. The largest absolute Gasteiger partial charge is 0.376 e. The molecule has 2 saturated heterocycles. The van der Waals surface area contributed by atoms with Gasteiger partial charge in [-0.2, -0.15) is 0 Å². The summed E-state index contributed by atoms with van der Waals surface area (Å²) in [6.07, 6.45) is 12.0. The van der Waals surface area contributed by atoms with Gasteiger partial charge in [-0.1, -0.05) is 12.1 Å². The van der Waals surface area contributed by atoms with Gasteiger partial charge in [0.25, 0.3) is 0 Å². The molecule has 2 fully saturated rings. The molecule has 2 amide bonds. The van der Waals surface area contributed by atoms with Crippen LogP contribution in [0.2, 0.25) is 0 Å². The first kappa shape index (κ1) is 19.6. The van der Waals surface area contributed by atoms with Gasteiger partial charge in [0.05, 0.1) is 0 Å². The molecule has 0 aliphatic carbocycles. The fraction of sp³-hybridized carbons (Fsp3) is 0.478. The number of anilines is 1. The van der Waals surface area contributed by atoms with Crippen LogP contribution in [0.3, 0.4) is 0 Å². The fourth-order valence-electron chi connectivity index (χ4n) is 4.43. The molecule has 1 atom stereocenters. The maximum absolute atomic E-state index is 12.5. The van der Waals surface area contributed by atoms with E-state index in [1.54, 1.807) is 0 Å². The number of aliphatic imine (C=N–C) groups is 1. The minimum absolute atomic E-state index is 0.0313. The molecule has 1 aromatic carbocycles. The van der Waals surface area contributed by atoms with Crippen molar-refractivity contribution in [3.8, 4) is 0 Å². The average molecular weight is 394 g/mol. The second-order valence-corrected chi connectivity index (χ2v) is 8.07. The second kappa shape index (κ2) is 9.16. The fourth-order valence-corrected chi connectivity index (χ4v) is 4.43. The van der Waals surface area contributed by atoms with Gasteiger partial charge in [0.2, 0.25) is 0 Å². The van der Waals surface area contributed by atoms with E-state index in [-0.39, 0.29) is 6.03 Å². The van der Waals surface area contributed by atoms with Crippen molar-refractivity contribution in [1.82, 2.24) is 15.1 Å². The lowest BCUT2D eigenvalue weighted by Crippen LogP contribution is -2.38. The van der Waals surface area contributed by atoms with Crippen LogP contribution in [-0.4, -0.2) is 54.9 Å². The smallest absolute Gasteiger partial charge is 0.321 e. The zero-order chi connectivity index (χ0) is 20.1. The summed E-state index contributed by atoms with van der Waals surface area (Å²) in [5, 5.41) is 6.27. The predicted octanol–water partition coefficient (Wildman–Crippen LogP) is 3.91. The van der Waals surface area contributed by atoms with Gasteiger partial charge < -0.3 is 20.4 Å². The number of nitrogens with zero attached hydrogens (tertiary/aromatic N) is 3. The van der Waals surface area contributed by atoms with E-state index in [1.807, 2.05) is 24.2 Å². The van der Waals surface area contributed by atoms with E-state index in [0.717, 1.165) is 62.5 Å². The summed E-state index contributed by atoms with van der Waals surface area (Å²) in [5.74, 6) is 1.39. The van der Waals surface area contributed by atoms with E-state index in [9.17, 15) is 4.79 Å². The third-order valence-corrected chi connectivity index (χ3v) is 6.01. The molecule has 2 N–H and O–H groups in total. The van der Waals surface area contributed by atoms with Crippen LogP contribution in [0.25, 0.3) is 0 Å². The Labute approximate surface area is 173 Å². The van der Waals surface area contributed by atoms with E-state index in [1.165, 1.54) is 18.4 Å². The van der Waals surface area contributed by atoms with Gasteiger partial charge >= 0.3 is 6.03 Å². The Morgan fingerprint density at radius 3 is 2.90 bits per heavy atom. The third-order valence-electron chi connectivity index (χ3n) is 6.01. The van der Waals surface area contributed by atoms with E-state index in [4.69, 9.17) is 0 Å². The molecule has 0 spiro atoms. The minimum atomic E-state index is 0.0313. The molecule has 6 nitrogen and oxygen atoms in total. The minimum Gasteiger partial charge on any atom is -0.376 e. The highest BCUT2D eigenvalue weighted by molar-refractivity contribution is 6.03. The molecule has 29 heavy (non-hydrogen) atoms. The van der Waals surface area contributed by atoms with Crippen LogP contribution in [0.5, 0.6) is 0 Å². The van der Waals surface area contributed by atoms with Crippen LogP contribution >= 0.6 is 0 Å². The van der Waals surface area contributed by atoms with Crippen LogP contribution in [0, 0.1) is 0 Å². The number of amides is 2. The van der Waals surface area contributed by atoms with Crippen LogP contribution in [0.1, 0.15) is 43.6 Å². The molecule has 0 saturated carbocycles. The maximum Gasteiger partial charge on any atom is 0.321 e. The zero-order valence-electron chi connectivity index (χ0n) is 17.2. The van der Waals surface area contributed by atoms with E-state index in [0.29, 0.717) is 5.92 Å². The summed E-state index contributed by atoms with van der Waals surface area (Å²) in [6.45, 7) is 3.78. The van der Waals surface area contributed by atoms with E-state index in [2.05, 4.69) is 51.0 Å². The van der Waals surface area contributed by atoms with Gasteiger partial charge in [0.1, 0.15) is 5.84 Å². The summed E-state index contributed by atoms with van der Waals surface area (Å²) < 4.78 is 0. The predicted molar refractivity (Wildman–Crippen MR) is 118 cm³/mol. The summed E-state index contributed by atoms with van der Waals surface area (Å²) in [5.41, 5.74) is 3.33. The first-order chi connectivity index (χ1) is 14.2. The van der Waals surface area contributed by atoms with Gasteiger partial charge in [-0.3, -0.25) is 4.99 Å². The number of piperidine rings is 2. The molecule has 0 aromatic heterocycles. The van der Waals surface area contributed by atoms with Crippen molar-refractivity contribution in [3.05, 3.63) is 53.9 Å². The van der Waals surface area contributed by atoms with Gasteiger partial charge in [-0.05, 0) is 55.9 Å². The molecule has 3 aliphatic rings. The van der Waals surface area contributed by atoms with Gasteiger partial charge in [-0.15, -0.1) is 0 Å². The standard InChI is InChI=1S/C23H31N5O/c1-24-22-20(10-11-25-22)17-27-12-6-8-19(16-27)18-7-5-9-21(15-18)26-23(29)28-13-3-2-4-14-28/h5,7,9-11,15,17,19H,2-4,6,8,12-14,16H2,1H3,(H,24,25)(H,26,29)/b20-17+. The third kappa shape index (κ3) is 4.81. The lowest BCUT2D eigenvalue weighted by atomic mass is 9.90. The van der Waals surface area contributed by atoms with Crippen molar-refractivity contribution < 1.29 is 4.79 Å². The zero-order valence-corrected chi connectivity index (χ0v) is 17.2. The monoisotopic (exact) mass is 393 g/mol. The first-order valence-corrected chi connectivity index (χ1v) is 10.7. The number of hydrogen-bond donors (Lipinski definition) is 2. The molecule has 1 aromatic rings. The van der Waals surface area contributed by atoms with Crippen molar-refractivity contribution in [2.24, 2.45) is 4.99 Å². The molecular formula is C23H31N5O. The topological polar surface area (TPSA) is 60.0 Å². The van der Waals surface area contributed by atoms with Crippen molar-refractivity contribution >= 4 is 17.6 Å². The Bertz CT molecular complexity index is 822. The lowest BCUT2D eigenvalue weighted by Gasteiger charge is -2.33. The Morgan fingerprint density at radius 1 is 1.21 bits per heavy atom. The highest BCUT2D eigenvalue weighted by atomic mass is 16.2. The molecule has 0 radical (unpaired) electrons. The number of nitrogens with one attached hydrogen (secondary N) is 2. The molecule has 6 heteroatoms. The van der Waals surface area contributed by atoms with E-state index >= 15 is 0 Å². The molecule has 3 heterocycles. The summed E-state index contributed by atoms with van der Waals surface area (Å²) in [4.78, 5) is 21.2. The molecule has 3 aliphatic heterocycles. The Morgan fingerprint density at radius 2 is 2.07 bits per heavy atom. The van der Waals surface area contributed by atoms with Crippen LogP contribution < -0.4 is 10.6 Å². The number of carbonyl (C=O) groups excluding carboxylic acids is 1. The summed E-state index contributed by atoms with van der Waals surface area (Å²) in [6, 6.07) is 8.42. The lowest BCUT2D eigenvalue weighted by molar-refractivity contribution is 0.200. The van der Waals surface area contributed by atoms with Crippen LogP contribution in [-0.2, 0) is 0 Å². The first-order valence-electron chi connectivity index (χ1n) is 10.7. The maximum atomic E-state index is 12.5. The highest BCUT2D eigenvalue weighted by Gasteiger charge is 2.22. The Kier molecular flexibility index (Phi) is 6.17. The molecule has 1 unspecified atom stereocenters. The van der Waals surface area contributed by atoms with Crippen molar-refractivity contribution in [2.45, 2.75) is 38.0 Å². The van der Waals surface area contributed by atoms with Crippen LogP contribution in [0.4, 0.5) is 10.5 Å². The Balaban J connectivity index is 1.41. The SMILES string of the molecule is CN=C1NC=C/C1=C\N1CCCC(c2cccc(NC(=O)N3CCCCC3)c2)C1. The van der Waals surface area contributed by atoms with Crippen molar-refractivity contribution in [1.29, 1.82) is 0 Å². The van der Waals surface area contributed by atoms with Gasteiger partial charge in [0.15, 0.2) is 0 Å². The number of amidine groups is 1. The number of likely N-dealkylation sites (tertiary alicyclic amines) is 2. The number of urea groups is 1. The molecule has 4 rings (SSSR count). The quantitative estimate of drug-likeness (QED) is 0.818. The number of hydrogen-bond acceptors (Lipinski definition) is 3. The molecule has 154 valence electrons.